The molecular formula is C19H19N3O4. The number of aromatic hydroxyl groups is 1. The largest absolute Gasteiger partial charge is 0.506 e. The van der Waals surface area contributed by atoms with Gasteiger partial charge in [-0.15, -0.1) is 15.0 Å². The molecular weight excluding hydrogens is 334 g/mol. The van der Waals surface area contributed by atoms with Crippen LogP contribution in [-0.2, 0) is 16.0 Å². The number of hydrogen-bond acceptors (Lipinski definition) is 6. The number of methoxy groups -OCH3 is 1. The fourth-order valence-electron chi connectivity index (χ4n) is 2.61. The maximum Gasteiger partial charge on any atom is 0.330 e. The normalized spacial score (nSPS) is 11.9. The van der Waals surface area contributed by atoms with E-state index in [1.165, 1.54) is 4.80 Å². The quantitative estimate of drug-likeness (QED) is 0.542. The highest BCUT2D eigenvalue weighted by Gasteiger charge is 2.13. The third-order valence-corrected chi connectivity index (χ3v) is 3.85. The number of phenols is 1. The van der Waals surface area contributed by atoms with Crippen molar-refractivity contribution in [1.82, 2.24) is 15.0 Å². The van der Waals surface area contributed by atoms with E-state index in [0.29, 0.717) is 28.9 Å². The molecule has 2 aromatic carbocycles. The summed E-state index contributed by atoms with van der Waals surface area (Å²) in [7, 11) is 1.58. The zero-order chi connectivity index (χ0) is 18.7. The van der Waals surface area contributed by atoms with Crippen LogP contribution in [0.1, 0.15) is 12.5 Å². The number of fused-ring (bicyclic) bond motifs is 1. The molecule has 1 N–H and O–H groups in total. The molecule has 7 heteroatoms. The molecule has 0 aliphatic rings. The van der Waals surface area contributed by atoms with Crippen molar-refractivity contribution in [1.29, 1.82) is 0 Å². The topological polar surface area (TPSA) is 86.5 Å². The van der Waals surface area contributed by atoms with Crippen LogP contribution in [0, 0.1) is 0 Å². The molecule has 0 radical (unpaired) electrons. The van der Waals surface area contributed by atoms with E-state index in [0.717, 1.165) is 11.6 Å². The van der Waals surface area contributed by atoms with Gasteiger partial charge in [-0.05, 0) is 36.8 Å². The molecule has 0 bridgehead atoms. The van der Waals surface area contributed by atoms with Crippen LogP contribution in [0.2, 0.25) is 0 Å². The number of carbonyl (C=O) groups excluding carboxylic acids is 1. The number of benzene rings is 2. The number of rotatable bonds is 6. The average molecular weight is 353 g/mol. The first kappa shape index (κ1) is 17.5. The Bertz CT molecular complexity index is 965. The number of aromatic nitrogens is 3. The van der Waals surface area contributed by atoms with E-state index in [1.807, 2.05) is 0 Å². The Labute approximate surface area is 150 Å². The molecule has 0 saturated heterocycles. The number of phenolic OH excluding ortho intramolecular Hbond substituents is 1. The molecule has 1 atom stereocenters. The van der Waals surface area contributed by atoms with E-state index >= 15 is 0 Å². The second-order valence-corrected chi connectivity index (χ2v) is 5.82. The second kappa shape index (κ2) is 7.26. The molecule has 7 nitrogen and oxygen atoms in total. The summed E-state index contributed by atoms with van der Waals surface area (Å²) in [6.07, 6.45) is 1.29. The maximum absolute atomic E-state index is 11.3. The standard InChI is InChI=1S/C19H19N3O4/c1-4-19(24)26-12(2)9-13-5-8-18(23)17(10-13)22-20-15-7-6-14(25-3)11-16(15)21-22/h4-8,10-12,23H,1,9H2,2-3H3. The average Bonchev–Trinajstić information content (AvgIpc) is 3.05. The van der Waals surface area contributed by atoms with Gasteiger partial charge in [0.2, 0.25) is 0 Å². The van der Waals surface area contributed by atoms with Gasteiger partial charge in [0.25, 0.3) is 0 Å². The van der Waals surface area contributed by atoms with Crippen molar-refractivity contribution >= 4 is 17.0 Å². The predicted octanol–water partition coefficient (Wildman–Crippen LogP) is 2.79. The molecule has 1 heterocycles. The van der Waals surface area contributed by atoms with Gasteiger partial charge < -0.3 is 14.6 Å². The summed E-state index contributed by atoms with van der Waals surface area (Å²) >= 11 is 0. The minimum atomic E-state index is -0.467. The van der Waals surface area contributed by atoms with Crippen molar-refractivity contribution in [3.05, 3.63) is 54.6 Å². The van der Waals surface area contributed by atoms with Gasteiger partial charge in [-0.1, -0.05) is 12.6 Å². The van der Waals surface area contributed by atoms with Crippen LogP contribution < -0.4 is 4.74 Å². The van der Waals surface area contributed by atoms with E-state index in [1.54, 1.807) is 50.4 Å². The lowest BCUT2D eigenvalue weighted by Gasteiger charge is -2.13. The molecule has 0 aliphatic carbocycles. The molecule has 3 aromatic rings. The summed E-state index contributed by atoms with van der Waals surface area (Å²) in [5.41, 5.74) is 2.66. The summed E-state index contributed by atoms with van der Waals surface area (Å²) < 4.78 is 10.4. The lowest BCUT2D eigenvalue weighted by molar-refractivity contribution is -0.142. The van der Waals surface area contributed by atoms with Crippen LogP contribution in [0.3, 0.4) is 0 Å². The first-order chi connectivity index (χ1) is 12.5. The molecule has 3 rings (SSSR count). The summed E-state index contributed by atoms with van der Waals surface area (Å²) in [6, 6.07) is 10.5. The lowest BCUT2D eigenvalue weighted by atomic mass is 10.1. The van der Waals surface area contributed by atoms with Gasteiger partial charge in [0.05, 0.1) is 7.11 Å². The number of ether oxygens (including phenoxy) is 2. The first-order valence-corrected chi connectivity index (χ1v) is 8.06. The Balaban J connectivity index is 1.90. The summed E-state index contributed by atoms with van der Waals surface area (Å²) in [4.78, 5) is 12.7. The Morgan fingerprint density at radius 1 is 1.27 bits per heavy atom. The molecule has 1 unspecified atom stereocenters. The zero-order valence-electron chi connectivity index (χ0n) is 14.5. The minimum Gasteiger partial charge on any atom is -0.506 e. The minimum absolute atomic E-state index is 0.0526. The van der Waals surface area contributed by atoms with Crippen molar-refractivity contribution in [2.24, 2.45) is 0 Å². The van der Waals surface area contributed by atoms with Gasteiger partial charge in [0, 0.05) is 18.6 Å². The summed E-state index contributed by atoms with van der Waals surface area (Å²) in [6.45, 7) is 5.18. The van der Waals surface area contributed by atoms with Gasteiger partial charge in [0.1, 0.15) is 34.3 Å². The Morgan fingerprint density at radius 3 is 2.77 bits per heavy atom. The Hall–Kier alpha value is -3.35. The number of carbonyl (C=O) groups is 1. The summed E-state index contributed by atoms with van der Waals surface area (Å²) in [5, 5.41) is 19.0. The third kappa shape index (κ3) is 3.66. The maximum atomic E-state index is 11.3. The number of hydrogen-bond donors (Lipinski definition) is 1. The van der Waals surface area contributed by atoms with Crippen LogP contribution >= 0.6 is 0 Å². The molecule has 0 aliphatic heterocycles. The Morgan fingerprint density at radius 2 is 2.04 bits per heavy atom. The Kier molecular flexibility index (Phi) is 4.88. The first-order valence-electron chi connectivity index (χ1n) is 8.06. The fraction of sp³-hybridized carbons (Fsp3) is 0.211. The van der Waals surface area contributed by atoms with E-state index < -0.39 is 5.97 Å². The fourth-order valence-corrected chi connectivity index (χ4v) is 2.61. The molecule has 134 valence electrons. The van der Waals surface area contributed by atoms with E-state index in [9.17, 15) is 9.90 Å². The molecule has 1 aromatic heterocycles. The van der Waals surface area contributed by atoms with Crippen molar-refractivity contribution in [3.63, 3.8) is 0 Å². The van der Waals surface area contributed by atoms with Crippen molar-refractivity contribution in [3.8, 4) is 17.2 Å². The summed E-state index contributed by atoms with van der Waals surface area (Å²) in [5.74, 6) is 0.266. The molecule has 0 saturated carbocycles. The van der Waals surface area contributed by atoms with E-state index in [2.05, 4.69) is 16.8 Å². The third-order valence-electron chi connectivity index (χ3n) is 3.85. The highest BCUT2D eigenvalue weighted by Crippen LogP contribution is 2.25. The van der Waals surface area contributed by atoms with E-state index in [4.69, 9.17) is 9.47 Å². The van der Waals surface area contributed by atoms with Gasteiger partial charge in [0.15, 0.2) is 0 Å². The lowest BCUT2D eigenvalue weighted by Crippen LogP contribution is -2.15. The van der Waals surface area contributed by atoms with Crippen LogP contribution in [0.15, 0.2) is 49.1 Å². The van der Waals surface area contributed by atoms with Gasteiger partial charge >= 0.3 is 5.97 Å². The van der Waals surface area contributed by atoms with Gasteiger partial charge in [-0.25, -0.2) is 4.79 Å². The SMILES string of the molecule is C=CC(=O)OC(C)Cc1ccc(O)c(-n2nc3ccc(OC)cc3n2)c1. The molecule has 0 spiro atoms. The molecule has 0 fully saturated rings. The monoisotopic (exact) mass is 353 g/mol. The van der Waals surface area contributed by atoms with Gasteiger partial charge in [-0.2, -0.15) is 0 Å². The van der Waals surface area contributed by atoms with E-state index in [-0.39, 0.29) is 11.9 Å². The number of esters is 1. The molecule has 0 amide bonds. The van der Waals surface area contributed by atoms with Crippen LogP contribution in [0.4, 0.5) is 0 Å². The van der Waals surface area contributed by atoms with Crippen molar-refractivity contribution in [2.75, 3.05) is 7.11 Å². The number of nitrogens with zero attached hydrogens (tertiary/aromatic N) is 3. The van der Waals surface area contributed by atoms with Crippen LogP contribution in [0.25, 0.3) is 16.7 Å². The van der Waals surface area contributed by atoms with Crippen molar-refractivity contribution in [2.45, 2.75) is 19.4 Å². The predicted molar refractivity (Wildman–Crippen MR) is 96.5 cm³/mol. The van der Waals surface area contributed by atoms with Crippen LogP contribution in [0.5, 0.6) is 11.5 Å². The smallest absolute Gasteiger partial charge is 0.330 e. The van der Waals surface area contributed by atoms with Gasteiger partial charge in [-0.3, -0.25) is 0 Å². The highest BCUT2D eigenvalue weighted by molar-refractivity contribution is 5.81. The second-order valence-electron chi connectivity index (χ2n) is 5.82. The zero-order valence-corrected chi connectivity index (χ0v) is 14.5. The molecule has 26 heavy (non-hydrogen) atoms. The highest BCUT2D eigenvalue weighted by atomic mass is 16.5. The van der Waals surface area contributed by atoms with Crippen LogP contribution in [-0.4, -0.2) is 39.3 Å². The van der Waals surface area contributed by atoms with Crippen molar-refractivity contribution < 1.29 is 19.4 Å².